The summed E-state index contributed by atoms with van der Waals surface area (Å²) in [5.41, 5.74) is 5.30. The lowest BCUT2D eigenvalue weighted by Crippen LogP contribution is -2.26. The molecule has 0 radical (unpaired) electrons. The number of aryl methyl sites for hydroxylation is 1. The number of methoxy groups -OCH3 is 2. The minimum absolute atomic E-state index is 0.0433. The first-order valence-electron chi connectivity index (χ1n) is 10.1. The van der Waals surface area contributed by atoms with Crippen molar-refractivity contribution in [2.24, 2.45) is 0 Å². The van der Waals surface area contributed by atoms with Gasteiger partial charge in [0.2, 0.25) is 5.91 Å². The number of nitrogens with one attached hydrogen (secondary N) is 1. The minimum Gasteiger partial charge on any atom is -0.493 e. The Hall–Kier alpha value is -3.28. The van der Waals surface area contributed by atoms with Gasteiger partial charge in [-0.1, -0.05) is 24.3 Å². The van der Waals surface area contributed by atoms with Gasteiger partial charge in [-0.2, -0.15) is 5.10 Å². The first-order chi connectivity index (χ1) is 14.5. The Morgan fingerprint density at radius 2 is 1.73 bits per heavy atom. The molecule has 3 rings (SSSR count). The van der Waals surface area contributed by atoms with Gasteiger partial charge in [-0.25, -0.2) is 4.68 Å². The van der Waals surface area contributed by atoms with Crippen LogP contribution < -0.4 is 14.8 Å². The summed E-state index contributed by atoms with van der Waals surface area (Å²) in [6.45, 7) is 4.63. The van der Waals surface area contributed by atoms with Crippen LogP contribution in [0.5, 0.6) is 11.5 Å². The Bertz CT molecular complexity index is 996. The number of para-hydroxylation sites is 1. The maximum atomic E-state index is 12.3. The standard InChI is InChI=1S/C24H29N3O3/c1-17-21(18(2)27(26-17)20-8-6-5-7-9-20)11-13-24(28)25-15-14-19-10-12-22(29-3)23(16-19)30-4/h5-10,12,16H,11,13-15H2,1-4H3,(H,25,28). The highest BCUT2D eigenvalue weighted by Crippen LogP contribution is 2.27. The van der Waals surface area contributed by atoms with E-state index in [9.17, 15) is 4.79 Å². The second-order valence-corrected chi connectivity index (χ2v) is 7.19. The van der Waals surface area contributed by atoms with Crippen LogP contribution in [0.4, 0.5) is 0 Å². The second kappa shape index (κ2) is 9.96. The molecule has 3 aromatic rings. The molecule has 0 aliphatic carbocycles. The smallest absolute Gasteiger partial charge is 0.220 e. The maximum Gasteiger partial charge on any atom is 0.220 e. The van der Waals surface area contributed by atoms with Crippen molar-refractivity contribution in [1.29, 1.82) is 0 Å². The summed E-state index contributed by atoms with van der Waals surface area (Å²) >= 11 is 0. The molecule has 1 aromatic heterocycles. The molecule has 1 amide bonds. The Balaban J connectivity index is 1.52. The molecule has 2 aromatic carbocycles. The predicted octanol–water partition coefficient (Wildman–Crippen LogP) is 3.80. The summed E-state index contributed by atoms with van der Waals surface area (Å²) in [7, 11) is 3.23. The van der Waals surface area contributed by atoms with E-state index in [-0.39, 0.29) is 5.91 Å². The van der Waals surface area contributed by atoms with Crippen molar-refractivity contribution in [2.75, 3.05) is 20.8 Å². The van der Waals surface area contributed by atoms with Crippen molar-refractivity contribution in [1.82, 2.24) is 15.1 Å². The molecule has 0 aliphatic rings. The van der Waals surface area contributed by atoms with Gasteiger partial charge >= 0.3 is 0 Å². The van der Waals surface area contributed by atoms with Crippen LogP contribution in [0.25, 0.3) is 5.69 Å². The van der Waals surface area contributed by atoms with Gasteiger partial charge in [-0.3, -0.25) is 4.79 Å². The molecule has 0 bridgehead atoms. The van der Waals surface area contributed by atoms with Gasteiger partial charge < -0.3 is 14.8 Å². The number of nitrogens with zero attached hydrogens (tertiary/aromatic N) is 2. The van der Waals surface area contributed by atoms with E-state index in [1.165, 1.54) is 0 Å². The maximum absolute atomic E-state index is 12.3. The zero-order chi connectivity index (χ0) is 21.5. The molecule has 0 aliphatic heterocycles. The highest BCUT2D eigenvalue weighted by Gasteiger charge is 2.14. The molecular weight excluding hydrogens is 378 g/mol. The van der Waals surface area contributed by atoms with E-state index in [0.717, 1.165) is 34.6 Å². The van der Waals surface area contributed by atoms with Crippen LogP contribution in [0, 0.1) is 13.8 Å². The third-order valence-corrected chi connectivity index (χ3v) is 5.23. The van der Waals surface area contributed by atoms with Crippen LogP contribution in [0.1, 0.15) is 28.9 Å². The summed E-state index contributed by atoms with van der Waals surface area (Å²) in [6, 6.07) is 15.9. The lowest BCUT2D eigenvalue weighted by atomic mass is 10.1. The molecule has 1 heterocycles. The summed E-state index contributed by atoms with van der Waals surface area (Å²) in [5.74, 6) is 1.44. The molecule has 0 unspecified atom stereocenters. The van der Waals surface area contributed by atoms with Crippen molar-refractivity contribution in [3.8, 4) is 17.2 Å². The average Bonchev–Trinajstić information content (AvgIpc) is 3.06. The average molecular weight is 408 g/mol. The summed E-state index contributed by atoms with van der Waals surface area (Å²) < 4.78 is 12.5. The number of amides is 1. The number of benzene rings is 2. The first kappa shape index (κ1) is 21.4. The molecule has 0 saturated carbocycles. The number of carbonyl (C=O) groups excluding carboxylic acids is 1. The lowest BCUT2D eigenvalue weighted by Gasteiger charge is -2.10. The number of ether oxygens (including phenoxy) is 2. The van der Waals surface area contributed by atoms with E-state index in [0.29, 0.717) is 30.9 Å². The molecule has 6 heteroatoms. The highest BCUT2D eigenvalue weighted by atomic mass is 16.5. The topological polar surface area (TPSA) is 65.4 Å². The zero-order valence-electron chi connectivity index (χ0n) is 18.1. The first-order valence-corrected chi connectivity index (χ1v) is 10.1. The van der Waals surface area contributed by atoms with E-state index in [2.05, 4.69) is 17.3 Å². The summed E-state index contributed by atoms with van der Waals surface area (Å²) in [4.78, 5) is 12.3. The quantitative estimate of drug-likeness (QED) is 0.586. The van der Waals surface area contributed by atoms with Gasteiger partial charge in [0.25, 0.3) is 0 Å². The van der Waals surface area contributed by atoms with Crippen LogP contribution >= 0.6 is 0 Å². The van der Waals surface area contributed by atoms with Crippen molar-refractivity contribution >= 4 is 5.91 Å². The van der Waals surface area contributed by atoms with E-state index < -0.39 is 0 Å². The zero-order valence-corrected chi connectivity index (χ0v) is 18.1. The number of hydrogen-bond acceptors (Lipinski definition) is 4. The molecule has 0 spiro atoms. The van der Waals surface area contributed by atoms with Gasteiger partial charge in [-0.05, 0) is 62.1 Å². The van der Waals surface area contributed by atoms with Crippen LogP contribution in [0.3, 0.4) is 0 Å². The Morgan fingerprint density at radius 1 is 1.00 bits per heavy atom. The monoisotopic (exact) mass is 407 g/mol. The van der Waals surface area contributed by atoms with Crippen LogP contribution in [-0.2, 0) is 17.6 Å². The number of aromatic nitrogens is 2. The number of rotatable bonds is 9. The molecule has 0 fully saturated rings. The van der Waals surface area contributed by atoms with Crippen LogP contribution in [0.2, 0.25) is 0 Å². The number of carbonyl (C=O) groups is 1. The van der Waals surface area contributed by atoms with E-state index in [1.54, 1.807) is 14.2 Å². The summed E-state index contributed by atoms with van der Waals surface area (Å²) in [6.07, 6.45) is 1.84. The number of hydrogen-bond donors (Lipinski definition) is 1. The Morgan fingerprint density at radius 3 is 2.43 bits per heavy atom. The predicted molar refractivity (Wildman–Crippen MR) is 118 cm³/mol. The van der Waals surface area contributed by atoms with Gasteiger partial charge in [0, 0.05) is 18.7 Å². The van der Waals surface area contributed by atoms with Crippen LogP contribution in [0.15, 0.2) is 48.5 Å². The molecule has 0 atom stereocenters. The fourth-order valence-corrected chi connectivity index (χ4v) is 3.57. The minimum atomic E-state index is 0.0433. The van der Waals surface area contributed by atoms with Crippen molar-refractivity contribution < 1.29 is 14.3 Å². The van der Waals surface area contributed by atoms with Crippen molar-refractivity contribution in [3.63, 3.8) is 0 Å². The molecular formula is C24H29N3O3. The summed E-state index contributed by atoms with van der Waals surface area (Å²) in [5, 5.41) is 7.66. The third kappa shape index (κ3) is 5.00. The molecule has 30 heavy (non-hydrogen) atoms. The van der Waals surface area contributed by atoms with Crippen molar-refractivity contribution in [2.45, 2.75) is 33.1 Å². The normalized spacial score (nSPS) is 10.7. The molecule has 1 N–H and O–H groups in total. The van der Waals surface area contributed by atoms with E-state index in [4.69, 9.17) is 9.47 Å². The lowest BCUT2D eigenvalue weighted by molar-refractivity contribution is -0.121. The molecule has 0 saturated heterocycles. The molecule has 158 valence electrons. The van der Waals surface area contributed by atoms with Gasteiger partial charge in [0.15, 0.2) is 11.5 Å². The third-order valence-electron chi connectivity index (χ3n) is 5.23. The molecule has 6 nitrogen and oxygen atoms in total. The van der Waals surface area contributed by atoms with E-state index >= 15 is 0 Å². The fourth-order valence-electron chi connectivity index (χ4n) is 3.57. The van der Waals surface area contributed by atoms with Gasteiger partial charge in [-0.15, -0.1) is 0 Å². The Kier molecular flexibility index (Phi) is 7.12. The highest BCUT2D eigenvalue weighted by molar-refractivity contribution is 5.76. The Labute approximate surface area is 177 Å². The van der Waals surface area contributed by atoms with Gasteiger partial charge in [0.1, 0.15) is 0 Å². The fraction of sp³-hybridized carbons (Fsp3) is 0.333. The second-order valence-electron chi connectivity index (χ2n) is 7.19. The van der Waals surface area contributed by atoms with E-state index in [1.807, 2.05) is 60.1 Å². The van der Waals surface area contributed by atoms with Crippen molar-refractivity contribution in [3.05, 3.63) is 71.0 Å². The SMILES string of the molecule is COc1ccc(CCNC(=O)CCc2c(C)nn(-c3ccccc3)c2C)cc1OC. The van der Waals surface area contributed by atoms with Crippen LogP contribution in [-0.4, -0.2) is 36.5 Å². The largest absolute Gasteiger partial charge is 0.493 e. The van der Waals surface area contributed by atoms with Gasteiger partial charge in [0.05, 0.1) is 25.6 Å².